The van der Waals surface area contributed by atoms with Crippen molar-refractivity contribution in [3.05, 3.63) is 47.3 Å². The van der Waals surface area contributed by atoms with Gasteiger partial charge in [-0.15, -0.1) is 0 Å². The van der Waals surface area contributed by atoms with Crippen molar-refractivity contribution in [3.63, 3.8) is 0 Å². The van der Waals surface area contributed by atoms with Gasteiger partial charge in [-0.25, -0.2) is 4.68 Å². The van der Waals surface area contributed by atoms with E-state index in [1.807, 2.05) is 63.0 Å². The number of carbonyl (C=O) groups excluding carboxylic acids is 1. The van der Waals surface area contributed by atoms with Gasteiger partial charge in [-0.3, -0.25) is 4.79 Å². The van der Waals surface area contributed by atoms with Crippen LogP contribution in [0.2, 0.25) is 0 Å². The number of rotatable bonds is 4. The topological polar surface area (TPSA) is 59.4 Å². The maximum atomic E-state index is 12.7. The van der Waals surface area contributed by atoms with Crippen LogP contribution >= 0.6 is 0 Å². The highest BCUT2D eigenvalue weighted by atomic mass is 16.5. The summed E-state index contributed by atoms with van der Waals surface area (Å²) in [5.74, 6) is 0.410. The Hall–Kier alpha value is -2.18. The van der Waals surface area contributed by atoms with Crippen LogP contribution in [0.5, 0.6) is 0 Å². The second-order valence-electron chi connectivity index (χ2n) is 7.63. The molecule has 2 aliphatic rings. The van der Waals surface area contributed by atoms with Crippen molar-refractivity contribution in [3.8, 4) is 5.69 Å². The number of likely N-dealkylation sites (N-methyl/N-ethyl adjacent to an activating group) is 1. The molecule has 4 atom stereocenters. The van der Waals surface area contributed by atoms with Gasteiger partial charge in [0.1, 0.15) is 0 Å². The summed E-state index contributed by atoms with van der Waals surface area (Å²) in [4.78, 5) is 14.9. The van der Waals surface area contributed by atoms with Crippen LogP contribution in [0.25, 0.3) is 5.69 Å². The second-order valence-corrected chi connectivity index (χ2v) is 7.63. The number of hydrogen-bond donors (Lipinski definition) is 1. The van der Waals surface area contributed by atoms with E-state index < -0.39 is 0 Å². The molecule has 1 aliphatic heterocycles. The van der Waals surface area contributed by atoms with E-state index >= 15 is 0 Å². The van der Waals surface area contributed by atoms with Crippen LogP contribution in [0.3, 0.4) is 0 Å². The highest BCUT2D eigenvalue weighted by molar-refractivity contribution is 5.94. The Balaban J connectivity index is 1.48. The Kier molecular flexibility index (Phi) is 4.32. The van der Waals surface area contributed by atoms with E-state index in [-0.39, 0.29) is 24.1 Å². The highest BCUT2D eigenvalue weighted by Gasteiger charge is 2.55. The number of carbonyl (C=O) groups is 1. The van der Waals surface area contributed by atoms with E-state index in [2.05, 4.69) is 15.3 Å². The van der Waals surface area contributed by atoms with Crippen LogP contribution in [-0.2, 0) is 4.74 Å². The molecule has 1 N–H and O–H groups in total. The van der Waals surface area contributed by atoms with Crippen LogP contribution in [-0.4, -0.2) is 59.5 Å². The van der Waals surface area contributed by atoms with E-state index in [1.54, 1.807) is 0 Å². The van der Waals surface area contributed by atoms with Crippen molar-refractivity contribution >= 4 is 5.91 Å². The molecule has 138 valence electrons. The van der Waals surface area contributed by atoms with Crippen LogP contribution in [0, 0.1) is 19.8 Å². The third-order valence-electron chi connectivity index (χ3n) is 5.63. The Morgan fingerprint density at radius 1 is 1.27 bits per heavy atom. The molecule has 1 aromatic heterocycles. The zero-order valence-corrected chi connectivity index (χ0v) is 15.8. The van der Waals surface area contributed by atoms with Crippen LogP contribution in [0.1, 0.15) is 28.2 Å². The van der Waals surface area contributed by atoms with Gasteiger partial charge in [0.25, 0.3) is 5.91 Å². The Morgan fingerprint density at radius 3 is 2.62 bits per heavy atom. The first-order valence-corrected chi connectivity index (χ1v) is 9.18. The molecule has 2 fully saturated rings. The summed E-state index contributed by atoms with van der Waals surface area (Å²) in [6.07, 6.45) is 1.28. The summed E-state index contributed by atoms with van der Waals surface area (Å²) in [5, 5.41) is 7.72. The number of fused-ring (bicyclic) bond motifs is 1. The fourth-order valence-corrected chi connectivity index (χ4v) is 4.36. The number of nitrogens with one attached hydrogen (secondary N) is 1. The smallest absolute Gasteiger partial charge is 0.251 e. The fraction of sp³-hybridized carbons (Fsp3) is 0.500. The summed E-state index contributed by atoms with van der Waals surface area (Å²) >= 11 is 0. The summed E-state index contributed by atoms with van der Waals surface area (Å²) in [6.45, 7) is 4.80. The lowest BCUT2D eigenvalue weighted by molar-refractivity contribution is -0.0664. The minimum atomic E-state index is -0.0212. The Labute approximate surface area is 154 Å². The van der Waals surface area contributed by atoms with Gasteiger partial charge in [-0.2, -0.15) is 5.10 Å². The molecule has 0 radical (unpaired) electrons. The van der Waals surface area contributed by atoms with Gasteiger partial charge in [0, 0.05) is 23.8 Å². The lowest BCUT2D eigenvalue weighted by Crippen LogP contribution is -2.69. The molecule has 0 spiro atoms. The third-order valence-corrected chi connectivity index (χ3v) is 5.63. The van der Waals surface area contributed by atoms with E-state index in [4.69, 9.17) is 4.74 Å². The molecule has 2 aromatic rings. The number of benzene rings is 1. The van der Waals surface area contributed by atoms with Crippen molar-refractivity contribution in [1.29, 1.82) is 0 Å². The third kappa shape index (κ3) is 2.83. The van der Waals surface area contributed by atoms with Crippen molar-refractivity contribution < 1.29 is 9.53 Å². The molecule has 1 saturated carbocycles. The van der Waals surface area contributed by atoms with E-state index in [0.29, 0.717) is 11.5 Å². The Morgan fingerprint density at radius 2 is 2.00 bits per heavy atom. The first kappa shape index (κ1) is 17.2. The molecule has 0 unspecified atom stereocenters. The number of ether oxygens (including phenoxy) is 1. The second kappa shape index (κ2) is 6.52. The number of nitrogens with zero attached hydrogens (tertiary/aromatic N) is 3. The summed E-state index contributed by atoms with van der Waals surface area (Å²) in [7, 11) is 4.09. The molecule has 6 heteroatoms. The van der Waals surface area contributed by atoms with Gasteiger partial charge in [0.2, 0.25) is 0 Å². The molecule has 6 nitrogen and oxygen atoms in total. The minimum Gasteiger partial charge on any atom is -0.376 e. The normalized spacial score (nSPS) is 27.3. The molecule has 4 rings (SSSR count). The van der Waals surface area contributed by atoms with Crippen molar-refractivity contribution in [2.24, 2.45) is 5.92 Å². The van der Waals surface area contributed by atoms with Crippen molar-refractivity contribution in [2.45, 2.75) is 38.5 Å². The standard InChI is InChI=1S/C20H26N4O2/c1-12-11-13(2)24(22-12)15-7-5-14(6-8-15)20(25)21-17-16-9-10-26-19(16)18(17)23(3)4/h5-8,11,16-19H,9-10H2,1-4H3,(H,21,25)/t16-,17+,18-,19-/m1/s1. The monoisotopic (exact) mass is 354 g/mol. The predicted octanol–water partition coefficient (Wildman–Crippen LogP) is 1.94. The van der Waals surface area contributed by atoms with Gasteiger partial charge < -0.3 is 15.0 Å². The van der Waals surface area contributed by atoms with Gasteiger partial charge in [0.05, 0.1) is 29.6 Å². The maximum Gasteiger partial charge on any atom is 0.251 e. The number of amides is 1. The Bertz CT molecular complexity index is 812. The number of aromatic nitrogens is 2. The first-order valence-electron chi connectivity index (χ1n) is 9.18. The average molecular weight is 354 g/mol. The molecule has 2 heterocycles. The quantitative estimate of drug-likeness (QED) is 0.912. The largest absolute Gasteiger partial charge is 0.376 e. The molecule has 1 saturated heterocycles. The van der Waals surface area contributed by atoms with Crippen LogP contribution in [0.4, 0.5) is 0 Å². The SMILES string of the molecule is Cc1cc(C)n(-c2ccc(C(=O)N[C@H]3[C@H]4CCO[C@H]4[C@@H]3N(C)C)cc2)n1. The molecular weight excluding hydrogens is 328 g/mol. The van der Waals surface area contributed by atoms with E-state index in [9.17, 15) is 4.79 Å². The van der Waals surface area contributed by atoms with E-state index in [1.165, 1.54) is 0 Å². The summed E-state index contributed by atoms with van der Waals surface area (Å²) in [6, 6.07) is 10.1. The summed E-state index contributed by atoms with van der Waals surface area (Å²) < 4.78 is 7.71. The fourth-order valence-electron chi connectivity index (χ4n) is 4.36. The summed E-state index contributed by atoms with van der Waals surface area (Å²) in [5.41, 5.74) is 3.70. The number of hydrogen-bond acceptors (Lipinski definition) is 4. The minimum absolute atomic E-state index is 0.0212. The first-order chi connectivity index (χ1) is 12.5. The highest BCUT2D eigenvalue weighted by Crippen LogP contribution is 2.41. The molecule has 1 aromatic carbocycles. The average Bonchev–Trinajstić information content (AvgIpc) is 3.15. The van der Waals surface area contributed by atoms with E-state index in [0.717, 1.165) is 30.1 Å². The zero-order chi connectivity index (χ0) is 18.4. The van der Waals surface area contributed by atoms with Gasteiger partial charge in [-0.05, 0) is 64.7 Å². The number of aryl methyl sites for hydroxylation is 2. The lowest BCUT2D eigenvalue weighted by Gasteiger charge is -2.50. The van der Waals surface area contributed by atoms with Gasteiger partial charge >= 0.3 is 0 Å². The predicted molar refractivity (Wildman–Crippen MR) is 99.6 cm³/mol. The van der Waals surface area contributed by atoms with Crippen molar-refractivity contribution in [1.82, 2.24) is 20.0 Å². The van der Waals surface area contributed by atoms with Gasteiger partial charge in [0.15, 0.2) is 0 Å². The molecule has 0 bridgehead atoms. The maximum absolute atomic E-state index is 12.7. The zero-order valence-electron chi connectivity index (χ0n) is 15.8. The molecule has 26 heavy (non-hydrogen) atoms. The van der Waals surface area contributed by atoms with Crippen LogP contribution < -0.4 is 5.32 Å². The van der Waals surface area contributed by atoms with Crippen molar-refractivity contribution in [2.75, 3.05) is 20.7 Å². The van der Waals surface area contributed by atoms with Crippen LogP contribution in [0.15, 0.2) is 30.3 Å². The lowest BCUT2D eigenvalue weighted by atomic mass is 9.71. The van der Waals surface area contributed by atoms with Gasteiger partial charge in [-0.1, -0.05) is 0 Å². The molecule has 1 aliphatic carbocycles. The molecule has 1 amide bonds. The molecular formula is C20H26N4O2.